The van der Waals surface area contributed by atoms with E-state index >= 15 is 0 Å². The number of hydrogen-bond acceptors (Lipinski definition) is 7. The minimum atomic E-state index is -1.48. The molecule has 1 aliphatic heterocycles. The Morgan fingerprint density at radius 2 is 1.79 bits per heavy atom. The largest absolute Gasteiger partial charge is 0.463 e. The van der Waals surface area contributed by atoms with Gasteiger partial charge < -0.3 is 24.1 Å². The monoisotopic (exact) mass is 410 g/mol. The standard InChI is InChI=1S/C22H38N2O5/c1-5-8-11-26-16-20-19(27-12-9-6-2)14-22(25,29-20)18-15-23-21(24-17(18)4)28-13-10-7-3/h15,19-20,25H,5-14,16H2,1-4H3/t19-,20-,22?/m1/s1. The highest BCUT2D eigenvalue weighted by atomic mass is 16.7. The van der Waals surface area contributed by atoms with Gasteiger partial charge in [0, 0.05) is 25.8 Å². The van der Waals surface area contributed by atoms with Gasteiger partial charge >= 0.3 is 6.01 Å². The van der Waals surface area contributed by atoms with Crippen molar-refractivity contribution in [1.29, 1.82) is 0 Å². The first-order valence-electron chi connectivity index (χ1n) is 11.1. The maximum atomic E-state index is 11.3. The van der Waals surface area contributed by atoms with Crippen LogP contribution in [0.4, 0.5) is 0 Å². The van der Waals surface area contributed by atoms with Crippen LogP contribution in [-0.4, -0.2) is 53.7 Å². The zero-order valence-corrected chi connectivity index (χ0v) is 18.5. The molecule has 29 heavy (non-hydrogen) atoms. The Balaban J connectivity index is 2.07. The van der Waals surface area contributed by atoms with Gasteiger partial charge in [0.15, 0.2) is 5.79 Å². The van der Waals surface area contributed by atoms with Gasteiger partial charge in [0.05, 0.1) is 30.6 Å². The first-order valence-corrected chi connectivity index (χ1v) is 11.1. The van der Waals surface area contributed by atoms with E-state index in [1.807, 2.05) is 6.92 Å². The van der Waals surface area contributed by atoms with Gasteiger partial charge in [0.25, 0.3) is 0 Å². The summed E-state index contributed by atoms with van der Waals surface area (Å²) in [6, 6.07) is 0.330. The molecule has 1 saturated heterocycles. The topological polar surface area (TPSA) is 82.9 Å². The number of nitrogens with zero attached hydrogens (tertiary/aromatic N) is 2. The van der Waals surface area contributed by atoms with Gasteiger partial charge in [-0.25, -0.2) is 9.97 Å². The van der Waals surface area contributed by atoms with Gasteiger partial charge in [0.1, 0.15) is 6.10 Å². The Morgan fingerprint density at radius 1 is 1.10 bits per heavy atom. The zero-order chi connectivity index (χ0) is 21.1. The second-order valence-electron chi connectivity index (χ2n) is 7.69. The van der Waals surface area contributed by atoms with Crippen molar-refractivity contribution >= 4 is 0 Å². The van der Waals surface area contributed by atoms with Crippen molar-refractivity contribution in [2.75, 3.05) is 26.4 Å². The molecule has 2 rings (SSSR count). The van der Waals surface area contributed by atoms with E-state index in [4.69, 9.17) is 18.9 Å². The molecule has 3 atom stereocenters. The van der Waals surface area contributed by atoms with Crippen LogP contribution in [0.1, 0.15) is 77.0 Å². The molecule has 0 radical (unpaired) electrons. The van der Waals surface area contributed by atoms with Crippen LogP contribution >= 0.6 is 0 Å². The molecule has 0 saturated carbocycles. The number of aromatic nitrogens is 2. The van der Waals surface area contributed by atoms with E-state index < -0.39 is 5.79 Å². The fourth-order valence-corrected chi connectivity index (χ4v) is 3.29. The van der Waals surface area contributed by atoms with Crippen LogP contribution in [0.15, 0.2) is 6.20 Å². The Kier molecular flexibility index (Phi) is 10.3. The number of aliphatic hydroxyl groups is 1. The maximum absolute atomic E-state index is 11.3. The summed E-state index contributed by atoms with van der Waals surface area (Å²) in [6.07, 6.45) is 7.50. The van der Waals surface area contributed by atoms with Gasteiger partial charge in [-0.2, -0.15) is 0 Å². The summed E-state index contributed by atoms with van der Waals surface area (Å²) >= 11 is 0. The summed E-state index contributed by atoms with van der Waals surface area (Å²) in [5.74, 6) is -1.48. The molecule has 0 aliphatic carbocycles. The van der Waals surface area contributed by atoms with E-state index in [1.165, 1.54) is 0 Å². The average Bonchev–Trinajstić information content (AvgIpc) is 3.02. The molecular formula is C22H38N2O5. The predicted molar refractivity (Wildman–Crippen MR) is 111 cm³/mol. The number of aryl methyl sites for hydroxylation is 1. The molecular weight excluding hydrogens is 372 g/mol. The summed E-state index contributed by atoms with van der Waals surface area (Å²) in [4.78, 5) is 8.67. The van der Waals surface area contributed by atoms with Gasteiger partial charge in [-0.3, -0.25) is 0 Å². The first kappa shape index (κ1) is 24.0. The molecule has 7 heteroatoms. The quantitative estimate of drug-likeness (QED) is 0.466. The minimum Gasteiger partial charge on any atom is -0.463 e. The highest BCUT2D eigenvalue weighted by molar-refractivity contribution is 5.24. The number of rotatable bonds is 14. The SMILES string of the molecule is CCCCOC[C@H]1OC(O)(c2cnc(OCCCC)nc2C)C[C@H]1OCCCC. The van der Waals surface area contributed by atoms with Gasteiger partial charge in [-0.15, -0.1) is 0 Å². The fourth-order valence-electron chi connectivity index (χ4n) is 3.29. The van der Waals surface area contributed by atoms with Crippen molar-refractivity contribution in [3.05, 3.63) is 17.5 Å². The van der Waals surface area contributed by atoms with Crippen LogP contribution in [0, 0.1) is 6.92 Å². The summed E-state index contributed by atoms with van der Waals surface area (Å²) in [6.45, 7) is 10.5. The Labute approximate surface area is 175 Å². The predicted octanol–water partition coefficient (Wildman–Crippen LogP) is 3.90. The molecule has 0 aromatic carbocycles. The van der Waals surface area contributed by atoms with Gasteiger partial charge in [0.2, 0.25) is 0 Å². The second kappa shape index (κ2) is 12.4. The van der Waals surface area contributed by atoms with E-state index in [9.17, 15) is 5.11 Å². The lowest BCUT2D eigenvalue weighted by molar-refractivity contribution is -0.210. The van der Waals surface area contributed by atoms with E-state index in [1.54, 1.807) is 6.20 Å². The third kappa shape index (κ3) is 7.17. The number of unbranched alkanes of at least 4 members (excludes halogenated alkanes) is 3. The van der Waals surface area contributed by atoms with E-state index in [-0.39, 0.29) is 12.2 Å². The number of hydrogen-bond donors (Lipinski definition) is 1. The van der Waals surface area contributed by atoms with E-state index in [0.29, 0.717) is 50.1 Å². The van der Waals surface area contributed by atoms with Crippen LogP contribution in [0.2, 0.25) is 0 Å². The summed E-state index contributed by atoms with van der Waals surface area (Å²) < 4.78 is 23.4. The van der Waals surface area contributed by atoms with Crippen LogP contribution in [0.5, 0.6) is 6.01 Å². The molecule has 166 valence electrons. The lowest BCUT2D eigenvalue weighted by atomic mass is 10.0. The maximum Gasteiger partial charge on any atom is 0.316 e. The number of ether oxygens (including phenoxy) is 4. The Bertz CT molecular complexity index is 601. The zero-order valence-electron chi connectivity index (χ0n) is 18.5. The molecule has 1 unspecified atom stereocenters. The molecule has 1 fully saturated rings. The first-order chi connectivity index (χ1) is 14.0. The van der Waals surface area contributed by atoms with Crippen molar-refractivity contribution in [3.8, 4) is 6.01 Å². The fraction of sp³-hybridized carbons (Fsp3) is 0.818. The second-order valence-corrected chi connectivity index (χ2v) is 7.69. The highest BCUT2D eigenvalue weighted by Crippen LogP contribution is 2.40. The van der Waals surface area contributed by atoms with Crippen molar-refractivity contribution in [1.82, 2.24) is 9.97 Å². The molecule has 7 nitrogen and oxygen atoms in total. The Morgan fingerprint density at radius 3 is 2.48 bits per heavy atom. The molecule has 1 N–H and O–H groups in total. The third-order valence-electron chi connectivity index (χ3n) is 5.10. The van der Waals surface area contributed by atoms with Crippen molar-refractivity contribution in [3.63, 3.8) is 0 Å². The molecule has 2 heterocycles. The summed E-state index contributed by atoms with van der Waals surface area (Å²) in [5, 5.41) is 11.3. The molecule has 0 spiro atoms. The molecule has 1 aromatic heterocycles. The lowest BCUT2D eigenvalue weighted by Crippen LogP contribution is -2.30. The molecule has 0 bridgehead atoms. The van der Waals surface area contributed by atoms with Crippen molar-refractivity contribution in [2.45, 2.75) is 90.6 Å². The normalized spacial score (nSPS) is 24.2. The highest BCUT2D eigenvalue weighted by Gasteiger charge is 2.48. The smallest absolute Gasteiger partial charge is 0.316 e. The molecule has 1 aromatic rings. The van der Waals surface area contributed by atoms with Crippen LogP contribution in [0.25, 0.3) is 0 Å². The third-order valence-corrected chi connectivity index (χ3v) is 5.10. The van der Waals surface area contributed by atoms with Crippen LogP contribution in [0.3, 0.4) is 0 Å². The average molecular weight is 411 g/mol. The van der Waals surface area contributed by atoms with Crippen LogP contribution in [-0.2, 0) is 20.0 Å². The van der Waals surface area contributed by atoms with Crippen molar-refractivity contribution < 1.29 is 24.1 Å². The van der Waals surface area contributed by atoms with E-state index in [2.05, 4.69) is 30.7 Å². The molecule has 1 aliphatic rings. The van der Waals surface area contributed by atoms with Crippen molar-refractivity contribution in [2.24, 2.45) is 0 Å². The van der Waals surface area contributed by atoms with Gasteiger partial charge in [-0.1, -0.05) is 40.0 Å². The molecule has 0 amide bonds. The van der Waals surface area contributed by atoms with Crippen LogP contribution < -0.4 is 4.74 Å². The Hall–Kier alpha value is -1.28. The summed E-state index contributed by atoms with van der Waals surface area (Å²) in [7, 11) is 0. The minimum absolute atomic E-state index is 0.229. The van der Waals surface area contributed by atoms with Gasteiger partial charge in [-0.05, 0) is 26.2 Å². The summed E-state index contributed by atoms with van der Waals surface area (Å²) in [5.41, 5.74) is 1.20. The lowest BCUT2D eigenvalue weighted by Gasteiger charge is -2.24. The van der Waals surface area contributed by atoms with E-state index in [0.717, 1.165) is 38.5 Å².